The molecule has 2 aliphatic carbocycles. The van der Waals surface area contributed by atoms with Crippen molar-refractivity contribution >= 4 is 11.5 Å². The van der Waals surface area contributed by atoms with Gasteiger partial charge in [0.2, 0.25) is 0 Å². The van der Waals surface area contributed by atoms with Crippen LogP contribution in [0, 0.1) is 0 Å². The molecule has 2 aromatic heterocycles. The number of aryl methyl sites for hydroxylation is 2. The maximum absolute atomic E-state index is 12.4. The molecule has 24 heavy (non-hydrogen) atoms. The van der Waals surface area contributed by atoms with E-state index in [1.165, 1.54) is 29.9 Å². The number of fused-ring (bicyclic) bond motifs is 1. The number of hydrogen-bond donors (Lipinski definition) is 1. The first-order valence-electron chi connectivity index (χ1n) is 8.90. The van der Waals surface area contributed by atoms with Gasteiger partial charge in [-0.2, -0.15) is 5.10 Å². The molecule has 1 N–H and O–H groups in total. The van der Waals surface area contributed by atoms with Gasteiger partial charge in [-0.05, 0) is 68.5 Å². The molecule has 0 aromatic carbocycles. The lowest BCUT2D eigenvalue weighted by atomic mass is 9.91. The van der Waals surface area contributed by atoms with Gasteiger partial charge in [-0.1, -0.05) is 4.49 Å². The number of aromatic nitrogens is 4. The Balaban J connectivity index is 1.38. The standard InChI is InChI=1S/C17H23N5OS/c23-17-9-12-3-1-2-4-16(12)20-22(17)15-7-5-13(6-8-15)18-10-14-11-24-21-19-14/h9,11,13,15,18H,1-8,10H2. The average molecular weight is 345 g/mol. The van der Waals surface area contributed by atoms with E-state index in [1.807, 2.05) is 11.4 Å². The smallest absolute Gasteiger partial charge is 0.267 e. The highest BCUT2D eigenvalue weighted by Crippen LogP contribution is 2.28. The predicted octanol–water partition coefficient (Wildman–Crippen LogP) is 2.25. The third kappa shape index (κ3) is 3.42. The van der Waals surface area contributed by atoms with Crippen LogP contribution in [-0.4, -0.2) is 25.4 Å². The number of rotatable bonds is 4. The van der Waals surface area contributed by atoms with Crippen LogP contribution in [0.3, 0.4) is 0 Å². The fourth-order valence-corrected chi connectivity index (χ4v) is 4.32. The second-order valence-electron chi connectivity index (χ2n) is 6.89. The molecule has 0 unspecified atom stereocenters. The minimum Gasteiger partial charge on any atom is -0.308 e. The van der Waals surface area contributed by atoms with Gasteiger partial charge < -0.3 is 5.32 Å². The summed E-state index contributed by atoms with van der Waals surface area (Å²) in [6, 6.07) is 2.58. The number of nitrogens with zero attached hydrogens (tertiary/aromatic N) is 4. The van der Waals surface area contributed by atoms with Gasteiger partial charge in [-0.3, -0.25) is 4.79 Å². The number of hydrogen-bond acceptors (Lipinski definition) is 6. The monoisotopic (exact) mass is 345 g/mol. The Hall–Kier alpha value is -1.60. The van der Waals surface area contributed by atoms with E-state index in [0.29, 0.717) is 6.04 Å². The first-order valence-corrected chi connectivity index (χ1v) is 9.74. The Morgan fingerprint density at radius 2 is 2.04 bits per heavy atom. The topological polar surface area (TPSA) is 72.7 Å². The van der Waals surface area contributed by atoms with Crippen molar-refractivity contribution in [1.29, 1.82) is 0 Å². The molecule has 2 aliphatic rings. The lowest BCUT2D eigenvalue weighted by Crippen LogP contribution is -2.37. The SMILES string of the molecule is O=c1cc2c(nn1C1CCC(NCc3csnn3)CC1)CCCC2. The summed E-state index contributed by atoms with van der Waals surface area (Å²) in [6.07, 6.45) is 8.59. The van der Waals surface area contributed by atoms with Gasteiger partial charge in [-0.15, -0.1) is 5.10 Å². The molecule has 2 aromatic rings. The van der Waals surface area contributed by atoms with Crippen molar-refractivity contribution < 1.29 is 0 Å². The van der Waals surface area contributed by atoms with Gasteiger partial charge in [0.25, 0.3) is 5.56 Å². The summed E-state index contributed by atoms with van der Waals surface area (Å²) >= 11 is 1.39. The fraction of sp³-hybridized carbons (Fsp3) is 0.647. The van der Waals surface area contributed by atoms with E-state index < -0.39 is 0 Å². The molecular weight excluding hydrogens is 322 g/mol. The van der Waals surface area contributed by atoms with E-state index >= 15 is 0 Å². The van der Waals surface area contributed by atoms with Crippen molar-refractivity contribution in [2.24, 2.45) is 0 Å². The predicted molar refractivity (Wildman–Crippen MR) is 93.2 cm³/mol. The summed E-state index contributed by atoms with van der Waals surface area (Å²) in [6.45, 7) is 0.781. The molecule has 0 aliphatic heterocycles. The van der Waals surface area contributed by atoms with Gasteiger partial charge in [-0.25, -0.2) is 4.68 Å². The van der Waals surface area contributed by atoms with Crippen LogP contribution in [0.5, 0.6) is 0 Å². The Bertz CT molecular complexity index is 734. The largest absolute Gasteiger partial charge is 0.308 e. The van der Waals surface area contributed by atoms with Gasteiger partial charge in [0.15, 0.2) is 0 Å². The van der Waals surface area contributed by atoms with E-state index in [1.54, 1.807) is 4.68 Å². The molecule has 4 rings (SSSR count). The summed E-state index contributed by atoms with van der Waals surface area (Å²) in [5, 5.41) is 14.3. The molecule has 0 amide bonds. The molecule has 0 spiro atoms. The highest BCUT2D eigenvalue weighted by molar-refractivity contribution is 7.03. The molecule has 0 saturated heterocycles. The highest BCUT2D eigenvalue weighted by atomic mass is 32.1. The Morgan fingerprint density at radius 3 is 2.83 bits per heavy atom. The van der Waals surface area contributed by atoms with Gasteiger partial charge in [0.1, 0.15) is 0 Å². The number of nitrogens with one attached hydrogen (secondary N) is 1. The molecule has 7 heteroatoms. The van der Waals surface area contributed by atoms with Crippen LogP contribution in [0.2, 0.25) is 0 Å². The van der Waals surface area contributed by atoms with Gasteiger partial charge in [0.05, 0.1) is 17.4 Å². The zero-order valence-corrected chi connectivity index (χ0v) is 14.6. The minimum absolute atomic E-state index is 0.0839. The Kier molecular flexibility index (Phi) is 4.71. The van der Waals surface area contributed by atoms with E-state index in [4.69, 9.17) is 5.10 Å². The Morgan fingerprint density at radius 1 is 1.21 bits per heavy atom. The molecule has 6 nitrogen and oxygen atoms in total. The molecule has 2 heterocycles. The average Bonchev–Trinajstić information content (AvgIpc) is 3.13. The lowest BCUT2D eigenvalue weighted by molar-refractivity contribution is 0.266. The van der Waals surface area contributed by atoms with E-state index in [-0.39, 0.29) is 11.6 Å². The summed E-state index contributed by atoms with van der Waals surface area (Å²) in [4.78, 5) is 12.4. The Labute approximate surface area is 145 Å². The third-order valence-corrected chi connectivity index (χ3v) is 5.81. The van der Waals surface area contributed by atoms with Gasteiger partial charge >= 0.3 is 0 Å². The molecule has 0 radical (unpaired) electrons. The van der Waals surface area contributed by atoms with Crippen LogP contribution in [0.1, 0.15) is 61.5 Å². The van der Waals surface area contributed by atoms with Crippen molar-refractivity contribution in [3.63, 3.8) is 0 Å². The maximum atomic E-state index is 12.4. The second kappa shape index (κ2) is 7.11. The summed E-state index contributed by atoms with van der Waals surface area (Å²) in [5.41, 5.74) is 3.42. The fourth-order valence-electron chi connectivity index (χ4n) is 3.87. The second-order valence-corrected chi connectivity index (χ2v) is 7.50. The first kappa shape index (κ1) is 15.9. The van der Waals surface area contributed by atoms with Crippen LogP contribution < -0.4 is 10.9 Å². The van der Waals surface area contributed by atoms with Crippen LogP contribution in [-0.2, 0) is 19.4 Å². The zero-order valence-electron chi connectivity index (χ0n) is 13.8. The van der Waals surface area contributed by atoms with Gasteiger partial charge in [0, 0.05) is 24.0 Å². The summed E-state index contributed by atoms with van der Waals surface area (Å²) < 4.78 is 5.66. The maximum Gasteiger partial charge on any atom is 0.267 e. The summed E-state index contributed by atoms with van der Waals surface area (Å²) in [5.74, 6) is 0. The van der Waals surface area contributed by atoms with E-state index in [9.17, 15) is 4.79 Å². The highest BCUT2D eigenvalue weighted by Gasteiger charge is 2.25. The molecule has 1 fully saturated rings. The van der Waals surface area contributed by atoms with E-state index in [2.05, 4.69) is 14.9 Å². The van der Waals surface area contributed by atoms with Crippen molar-refractivity contribution in [1.82, 2.24) is 24.7 Å². The molecule has 1 saturated carbocycles. The lowest BCUT2D eigenvalue weighted by Gasteiger charge is -2.30. The van der Waals surface area contributed by atoms with Crippen LogP contribution in [0.25, 0.3) is 0 Å². The molecule has 0 bridgehead atoms. The van der Waals surface area contributed by atoms with Crippen molar-refractivity contribution in [2.75, 3.05) is 0 Å². The zero-order chi connectivity index (χ0) is 16.4. The van der Waals surface area contributed by atoms with Crippen LogP contribution >= 0.6 is 11.5 Å². The van der Waals surface area contributed by atoms with Crippen molar-refractivity contribution in [3.05, 3.63) is 38.8 Å². The molecule has 0 atom stereocenters. The normalized spacial score (nSPS) is 23.8. The summed E-state index contributed by atoms with van der Waals surface area (Å²) in [7, 11) is 0. The third-order valence-electron chi connectivity index (χ3n) is 5.25. The van der Waals surface area contributed by atoms with E-state index in [0.717, 1.165) is 56.5 Å². The van der Waals surface area contributed by atoms with Crippen molar-refractivity contribution in [2.45, 2.75) is 70.0 Å². The van der Waals surface area contributed by atoms with Crippen LogP contribution in [0.15, 0.2) is 16.2 Å². The van der Waals surface area contributed by atoms with Crippen molar-refractivity contribution in [3.8, 4) is 0 Å². The minimum atomic E-state index is 0.0839. The van der Waals surface area contributed by atoms with Crippen LogP contribution in [0.4, 0.5) is 0 Å². The molecule has 128 valence electrons. The quantitative estimate of drug-likeness (QED) is 0.920. The molecular formula is C17H23N5OS. The first-order chi connectivity index (χ1) is 11.8.